The molecule has 0 saturated carbocycles. The SMILES string of the molecule is Cc1cccnc1-c1ccc2cc(C(C)(C)C)ccc2n1. The molecule has 0 aliphatic heterocycles. The maximum Gasteiger partial charge on any atom is 0.0915 e. The van der Waals surface area contributed by atoms with Crippen LogP contribution in [0.2, 0.25) is 0 Å². The molecule has 3 rings (SSSR count). The Morgan fingerprint density at radius 1 is 0.952 bits per heavy atom. The molecule has 2 heteroatoms. The Bertz CT molecular complexity index is 798. The van der Waals surface area contributed by atoms with Gasteiger partial charge in [0, 0.05) is 11.6 Å². The van der Waals surface area contributed by atoms with Crippen LogP contribution in [0.4, 0.5) is 0 Å². The van der Waals surface area contributed by atoms with Gasteiger partial charge in [0.1, 0.15) is 0 Å². The molecule has 21 heavy (non-hydrogen) atoms. The summed E-state index contributed by atoms with van der Waals surface area (Å²) in [5.74, 6) is 0. The molecule has 0 radical (unpaired) electrons. The molecule has 3 aromatic rings. The fourth-order valence-corrected chi connectivity index (χ4v) is 2.48. The van der Waals surface area contributed by atoms with Gasteiger partial charge >= 0.3 is 0 Å². The molecule has 106 valence electrons. The Hall–Kier alpha value is -2.22. The third-order valence-electron chi connectivity index (χ3n) is 3.81. The van der Waals surface area contributed by atoms with Gasteiger partial charge < -0.3 is 0 Å². The molecule has 0 atom stereocenters. The largest absolute Gasteiger partial charge is 0.254 e. The van der Waals surface area contributed by atoms with Crippen LogP contribution in [0.25, 0.3) is 22.3 Å². The third kappa shape index (κ3) is 2.66. The van der Waals surface area contributed by atoms with E-state index in [4.69, 9.17) is 4.98 Å². The third-order valence-corrected chi connectivity index (χ3v) is 3.81. The highest BCUT2D eigenvalue weighted by Gasteiger charge is 2.14. The molecule has 0 fully saturated rings. The number of pyridine rings is 2. The van der Waals surface area contributed by atoms with E-state index in [1.165, 1.54) is 10.9 Å². The first-order valence-corrected chi connectivity index (χ1v) is 7.28. The highest BCUT2D eigenvalue weighted by Crippen LogP contribution is 2.27. The molecule has 0 amide bonds. The molecule has 0 N–H and O–H groups in total. The maximum absolute atomic E-state index is 4.77. The molecule has 0 aliphatic carbocycles. The fourth-order valence-electron chi connectivity index (χ4n) is 2.48. The summed E-state index contributed by atoms with van der Waals surface area (Å²) in [4.78, 5) is 9.22. The van der Waals surface area contributed by atoms with Gasteiger partial charge in [0.25, 0.3) is 0 Å². The van der Waals surface area contributed by atoms with E-state index >= 15 is 0 Å². The highest BCUT2D eigenvalue weighted by molar-refractivity contribution is 5.82. The second-order valence-electron chi connectivity index (χ2n) is 6.52. The molecular formula is C19H20N2. The van der Waals surface area contributed by atoms with E-state index in [0.717, 1.165) is 22.5 Å². The number of hydrogen-bond acceptors (Lipinski definition) is 2. The zero-order valence-corrected chi connectivity index (χ0v) is 13.0. The summed E-state index contributed by atoms with van der Waals surface area (Å²) in [6.07, 6.45) is 1.82. The molecule has 2 aromatic heterocycles. The van der Waals surface area contributed by atoms with E-state index in [1.807, 2.05) is 12.3 Å². The Kier molecular flexibility index (Phi) is 3.25. The van der Waals surface area contributed by atoms with Gasteiger partial charge in [0.2, 0.25) is 0 Å². The molecule has 0 spiro atoms. The van der Waals surface area contributed by atoms with Crippen LogP contribution < -0.4 is 0 Å². The lowest BCUT2D eigenvalue weighted by Gasteiger charge is -2.19. The number of hydrogen-bond donors (Lipinski definition) is 0. The van der Waals surface area contributed by atoms with Crippen molar-refractivity contribution in [3.05, 3.63) is 59.8 Å². The predicted molar refractivity (Wildman–Crippen MR) is 88.4 cm³/mol. The minimum atomic E-state index is 0.157. The van der Waals surface area contributed by atoms with Crippen LogP contribution in [0.1, 0.15) is 31.9 Å². The normalized spacial score (nSPS) is 11.8. The smallest absolute Gasteiger partial charge is 0.0915 e. The second-order valence-corrected chi connectivity index (χ2v) is 6.52. The van der Waals surface area contributed by atoms with Crippen molar-refractivity contribution >= 4 is 10.9 Å². The van der Waals surface area contributed by atoms with Crippen molar-refractivity contribution in [1.82, 2.24) is 9.97 Å². The van der Waals surface area contributed by atoms with Gasteiger partial charge in [0.05, 0.1) is 16.9 Å². The summed E-state index contributed by atoms with van der Waals surface area (Å²) in [7, 11) is 0. The number of fused-ring (bicyclic) bond motifs is 1. The van der Waals surface area contributed by atoms with Crippen molar-refractivity contribution in [2.45, 2.75) is 33.1 Å². The summed E-state index contributed by atoms with van der Waals surface area (Å²) >= 11 is 0. The van der Waals surface area contributed by atoms with Crippen LogP contribution >= 0.6 is 0 Å². The van der Waals surface area contributed by atoms with E-state index in [9.17, 15) is 0 Å². The van der Waals surface area contributed by atoms with Crippen LogP contribution in [0.15, 0.2) is 48.7 Å². The lowest BCUT2D eigenvalue weighted by molar-refractivity contribution is 0.591. The second kappa shape index (κ2) is 4.96. The molecule has 2 heterocycles. The Labute approximate surface area is 125 Å². The first-order valence-electron chi connectivity index (χ1n) is 7.28. The van der Waals surface area contributed by atoms with Crippen molar-refractivity contribution in [1.29, 1.82) is 0 Å². The summed E-state index contributed by atoms with van der Waals surface area (Å²) in [5, 5.41) is 1.18. The first-order chi connectivity index (χ1) is 9.95. The zero-order chi connectivity index (χ0) is 15.0. The summed E-state index contributed by atoms with van der Waals surface area (Å²) in [5.41, 5.74) is 5.55. The number of rotatable bonds is 1. The lowest BCUT2D eigenvalue weighted by atomic mass is 9.86. The summed E-state index contributed by atoms with van der Waals surface area (Å²) in [6, 6.07) is 14.7. The molecular weight excluding hydrogens is 256 g/mol. The van der Waals surface area contributed by atoms with Gasteiger partial charge in [0.15, 0.2) is 0 Å². The van der Waals surface area contributed by atoms with Gasteiger partial charge in [-0.15, -0.1) is 0 Å². The number of benzene rings is 1. The van der Waals surface area contributed by atoms with E-state index in [0.29, 0.717) is 0 Å². The van der Waals surface area contributed by atoms with Gasteiger partial charge in [-0.1, -0.05) is 39.0 Å². The Balaban J connectivity index is 2.12. The van der Waals surface area contributed by atoms with Crippen LogP contribution in [-0.2, 0) is 5.41 Å². The lowest BCUT2D eigenvalue weighted by Crippen LogP contribution is -2.10. The standard InChI is InChI=1S/C19H20N2/c1-13-6-5-11-20-18(13)17-9-7-14-12-15(19(2,3)4)8-10-16(14)21-17/h5-12H,1-4H3. The minimum Gasteiger partial charge on any atom is -0.254 e. The van der Waals surface area contributed by atoms with Crippen LogP contribution in [0.5, 0.6) is 0 Å². The molecule has 0 saturated heterocycles. The van der Waals surface area contributed by atoms with Crippen LogP contribution in [0, 0.1) is 6.92 Å². The van der Waals surface area contributed by atoms with E-state index in [2.05, 4.69) is 69.1 Å². The van der Waals surface area contributed by atoms with Crippen molar-refractivity contribution in [3.63, 3.8) is 0 Å². The Morgan fingerprint density at radius 3 is 2.48 bits per heavy atom. The Morgan fingerprint density at radius 2 is 1.76 bits per heavy atom. The van der Waals surface area contributed by atoms with E-state index < -0.39 is 0 Å². The van der Waals surface area contributed by atoms with Crippen LogP contribution in [-0.4, -0.2) is 9.97 Å². The van der Waals surface area contributed by atoms with E-state index in [-0.39, 0.29) is 5.41 Å². The molecule has 0 aliphatic rings. The number of nitrogens with zero attached hydrogens (tertiary/aromatic N) is 2. The first kappa shape index (κ1) is 13.7. The van der Waals surface area contributed by atoms with Crippen molar-refractivity contribution < 1.29 is 0 Å². The highest BCUT2D eigenvalue weighted by atomic mass is 14.8. The quantitative estimate of drug-likeness (QED) is 0.631. The van der Waals surface area contributed by atoms with Gasteiger partial charge in [-0.05, 0) is 47.7 Å². The van der Waals surface area contributed by atoms with Gasteiger partial charge in [-0.25, -0.2) is 4.98 Å². The molecule has 0 bridgehead atoms. The topological polar surface area (TPSA) is 25.8 Å². The average molecular weight is 276 g/mol. The monoisotopic (exact) mass is 276 g/mol. The predicted octanol–water partition coefficient (Wildman–Crippen LogP) is 4.90. The number of aromatic nitrogens is 2. The van der Waals surface area contributed by atoms with Crippen molar-refractivity contribution in [3.8, 4) is 11.4 Å². The van der Waals surface area contributed by atoms with E-state index in [1.54, 1.807) is 0 Å². The minimum absolute atomic E-state index is 0.157. The van der Waals surface area contributed by atoms with Crippen molar-refractivity contribution in [2.75, 3.05) is 0 Å². The molecule has 1 aromatic carbocycles. The van der Waals surface area contributed by atoms with Gasteiger partial charge in [-0.2, -0.15) is 0 Å². The summed E-state index contributed by atoms with van der Waals surface area (Å²) < 4.78 is 0. The summed E-state index contributed by atoms with van der Waals surface area (Å²) in [6.45, 7) is 8.75. The number of aryl methyl sites for hydroxylation is 1. The average Bonchev–Trinajstić information content (AvgIpc) is 2.46. The van der Waals surface area contributed by atoms with Gasteiger partial charge in [-0.3, -0.25) is 4.98 Å². The fraction of sp³-hybridized carbons (Fsp3) is 0.263. The molecule has 2 nitrogen and oxygen atoms in total. The zero-order valence-electron chi connectivity index (χ0n) is 13.0. The van der Waals surface area contributed by atoms with Crippen molar-refractivity contribution in [2.24, 2.45) is 0 Å². The van der Waals surface area contributed by atoms with Crippen LogP contribution in [0.3, 0.4) is 0 Å². The molecule has 0 unspecified atom stereocenters. The maximum atomic E-state index is 4.77.